The first-order valence-electron chi connectivity index (χ1n) is 6.04. The maximum absolute atomic E-state index is 12.3. The molecule has 1 aliphatic rings. The summed E-state index contributed by atoms with van der Waals surface area (Å²) >= 11 is 6.00. The van der Waals surface area contributed by atoms with Crippen LogP contribution in [0.1, 0.15) is 23.0 Å². The topological polar surface area (TPSA) is 77.1 Å². The van der Waals surface area contributed by atoms with Crippen molar-refractivity contribution >= 4 is 23.2 Å². The molecular weight excluding hydrogens is 278 g/mol. The Hall–Kier alpha value is -2.27. The van der Waals surface area contributed by atoms with Crippen LogP contribution >= 0.6 is 11.6 Å². The number of pyridine rings is 1. The van der Waals surface area contributed by atoms with Gasteiger partial charge in [-0.15, -0.1) is 0 Å². The number of hydrogen-bond donors (Lipinski definition) is 2. The minimum atomic E-state index is -0.996. The van der Waals surface area contributed by atoms with E-state index in [1.165, 1.54) is 10.6 Å². The fourth-order valence-electron chi connectivity index (χ4n) is 2.51. The highest BCUT2D eigenvalue weighted by Crippen LogP contribution is 2.30. The van der Waals surface area contributed by atoms with Crippen LogP contribution < -0.4 is 16.6 Å². The quantitative estimate of drug-likeness (QED) is 0.836. The zero-order chi connectivity index (χ0) is 14.5. The second kappa shape index (κ2) is 4.11. The van der Waals surface area contributed by atoms with Crippen molar-refractivity contribution in [3.63, 3.8) is 0 Å². The van der Waals surface area contributed by atoms with E-state index in [9.17, 15) is 9.59 Å². The van der Waals surface area contributed by atoms with Gasteiger partial charge in [0.15, 0.2) is 0 Å². The van der Waals surface area contributed by atoms with Gasteiger partial charge in [0.25, 0.3) is 11.5 Å². The Labute approximate surface area is 120 Å². The Morgan fingerprint density at radius 3 is 2.70 bits per heavy atom. The maximum atomic E-state index is 12.3. The number of amides is 1. The van der Waals surface area contributed by atoms with Crippen LogP contribution in [0.4, 0.5) is 5.69 Å². The summed E-state index contributed by atoms with van der Waals surface area (Å²) in [6.07, 6.45) is 0. The molecule has 1 unspecified atom stereocenters. The van der Waals surface area contributed by atoms with Gasteiger partial charge in [0.05, 0.1) is 5.69 Å². The fourth-order valence-corrected chi connectivity index (χ4v) is 2.70. The number of benzene rings is 1. The number of rotatable bonds is 1. The molecule has 6 heteroatoms. The normalized spacial score (nSPS) is 20.6. The highest BCUT2D eigenvalue weighted by molar-refractivity contribution is 6.30. The highest BCUT2D eigenvalue weighted by Gasteiger charge is 2.41. The lowest BCUT2D eigenvalue weighted by molar-refractivity contribution is 0.0941. The first kappa shape index (κ1) is 12.7. The number of fused-ring (bicyclic) bond motifs is 1. The van der Waals surface area contributed by atoms with Crippen LogP contribution in [0, 0.1) is 0 Å². The van der Waals surface area contributed by atoms with Crippen molar-refractivity contribution in [2.45, 2.75) is 12.6 Å². The Morgan fingerprint density at radius 2 is 2.00 bits per heavy atom. The van der Waals surface area contributed by atoms with Gasteiger partial charge in [-0.2, -0.15) is 0 Å². The third-order valence-corrected chi connectivity index (χ3v) is 3.77. The SMILES string of the molecule is CC1(c2cccc(Cl)c2)NC(=O)c2ccc(N)c(=O)n21. The fraction of sp³-hybridized carbons (Fsp3) is 0.143. The molecule has 0 bridgehead atoms. The van der Waals surface area contributed by atoms with Gasteiger partial charge in [0.2, 0.25) is 0 Å². The van der Waals surface area contributed by atoms with Gasteiger partial charge in [-0.05, 0) is 36.8 Å². The number of halogens is 1. The molecule has 3 rings (SSSR count). The lowest BCUT2D eigenvalue weighted by atomic mass is 10.0. The summed E-state index contributed by atoms with van der Waals surface area (Å²) in [4.78, 5) is 24.4. The molecule has 1 aliphatic heterocycles. The molecule has 1 aromatic carbocycles. The zero-order valence-electron chi connectivity index (χ0n) is 10.7. The maximum Gasteiger partial charge on any atom is 0.276 e. The Balaban J connectivity index is 2.32. The van der Waals surface area contributed by atoms with Crippen molar-refractivity contribution in [1.29, 1.82) is 0 Å². The average molecular weight is 290 g/mol. The van der Waals surface area contributed by atoms with Gasteiger partial charge in [0, 0.05) is 5.02 Å². The van der Waals surface area contributed by atoms with Crippen molar-refractivity contribution in [2.75, 3.05) is 5.73 Å². The summed E-state index contributed by atoms with van der Waals surface area (Å²) < 4.78 is 1.37. The second-order valence-electron chi connectivity index (χ2n) is 4.85. The molecule has 1 amide bonds. The molecule has 1 atom stereocenters. The minimum absolute atomic E-state index is 0.0958. The van der Waals surface area contributed by atoms with E-state index in [1.807, 2.05) is 0 Å². The van der Waals surface area contributed by atoms with Crippen molar-refractivity contribution in [1.82, 2.24) is 9.88 Å². The summed E-state index contributed by atoms with van der Waals surface area (Å²) in [6, 6.07) is 10.0. The van der Waals surface area contributed by atoms with Crippen LogP contribution in [-0.4, -0.2) is 10.5 Å². The lowest BCUT2D eigenvalue weighted by Crippen LogP contribution is -2.46. The molecule has 0 saturated carbocycles. The first-order valence-corrected chi connectivity index (χ1v) is 6.42. The summed E-state index contributed by atoms with van der Waals surface area (Å²) in [7, 11) is 0. The van der Waals surface area contributed by atoms with Crippen molar-refractivity contribution in [3.8, 4) is 0 Å². The Bertz CT molecular complexity index is 784. The largest absolute Gasteiger partial charge is 0.394 e. The van der Waals surface area contributed by atoms with Crippen LogP contribution in [0.3, 0.4) is 0 Å². The summed E-state index contributed by atoms with van der Waals surface area (Å²) in [6.45, 7) is 1.74. The van der Waals surface area contributed by atoms with Gasteiger partial charge >= 0.3 is 0 Å². The molecule has 5 nitrogen and oxygen atoms in total. The molecule has 0 spiro atoms. The summed E-state index contributed by atoms with van der Waals surface area (Å²) in [5.74, 6) is -0.315. The molecule has 0 aliphatic carbocycles. The van der Waals surface area contributed by atoms with E-state index >= 15 is 0 Å². The molecule has 2 heterocycles. The number of nitrogens with one attached hydrogen (secondary N) is 1. The summed E-state index contributed by atoms with van der Waals surface area (Å²) in [5.41, 5.74) is 5.37. The van der Waals surface area contributed by atoms with Crippen LogP contribution in [0.2, 0.25) is 5.02 Å². The number of nitrogens with zero attached hydrogens (tertiary/aromatic N) is 1. The number of carbonyl (C=O) groups is 1. The van der Waals surface area contributed by atoms with Crippen molar-refractivity contribution in [2.24, 2.45) is 0 Å². The van der Waals surface area contributed by atoms with E-state index in [2.05, 4.69) is 5.32 Å². The average Bonchev–Trinajstić information content (AvgIpc) is 2.67. The number of anilines is 1. The molecule has 20 heavy (non-hydrogen) atoms. The number of carbonyl (C=O) groups excluding carboxylic acids is 1. The lowest BCUT2D eigenvalue weighted by Gasteiger charge is -2.27. The van der Waals surface area contributed by atoms with E-state index in [4.69, 9.17) is 17.3 Å². The molecule has 0 fully saturated rings. The standard InChI is InChI=1S/C14H12ClN3O2/c1-14(8-3-2-4-9(15)7-8)17-12(19)11-6-5-10(16)13(20)18(11)14/h2-7H,16H2,1H3,(H,17,19). The predicted octanol–water partition coefficient (Wildman–Crippen LogP) is 1.55. The molecule has 3 N–H and O–H groups in total. The molecule has 2 aromatic rings. The number of aromatic nitrogens is 1. The van der Waals surface area contributed by atoms with Gasteiger partial charge in [-0.1, -0.05) is 23.7 Å². The molecule has 0 radical (unpaired) electrons. The number of hydrogen-bond acceptors (Lipinski definition) is 3. The van der Waals surface area contributed by atoms with E-state index in [0.29, 0.717) is 10.6 Å². The van der Waals surface area contributed by atoms with Gasteiger partial charge in [0.1, 0.15) is 11.4 Å². The van der Waals surface area contributed by atoms with Gasteiger partial charge in [-0.25, -0.2) is 0 Å². The van der Waals surface area contributed by atoms with Crippen LogP contribution in [0.25, 0.3) is 0 Å². The van der Waals surface area contributed by atoms with Crippen LogP contribution in [-0.2, 0) is 5.66 Å². The second-order valence-corrected chi connectivity index (χ2v) is 5.29. The molecule has 0 saturated heterocycles. The summed E-state index contributed by atoms with van der Waals surface area (Å²) in [5, 5.41) is 3.35. The zero-order valence-corrected chi connectivity index (χ0v) is 11.4. The first-order chi connectivity index (χ1) is 9.43. The number of nitrogen functional groups attached to an aromatic ring is 1. The van der Waals surface area contributed by atoms with E-state index in [-0.39, 0.29) is 17.3 Å². The highest BCUT2D eigenvalue weighted by atomic mass is 35.5. The van der Waals surface area contributed by atoms with E-state index < -0.39 is 11.2 Å². The smallest absolute Gasteiger partial charge is 0.276 e. The molecular formula is C14H12ClN3O2. The van der Waals surface area contributed by atoms with E-state index in [0.717, 1.165) is 0 Å². The van der Waals surface area contributed by atoms with Crippen LogP contribution in [0.5, 0.6) is 0 Å². The Morgan fingerprint density at radius 1 is 1.25 bits per heavy atom. The predicted molar refractivity (Wildman–Crippen MR) is 76.8 cm³/mol. The van der Waals surface area contributed by atoms with Crippen molar-refractivity contribution < 1.29 is 4.79 Å². The van der Waals surface area contributed by atoms with E-state index in [1.54, 1.807) is 37.3 Å². The Kier molecular flexibility index (Phi) is 2.62. The monoisotopic (exact) mass is 289 g/mol. The van der Waals surface area contributed by atoms with Crippen molar-refractivity contribution in [3.05, 3.63) is 63.0 Å². The molecule has 1 aromatic heterocycles. The minimum Gasteiger partial charge on any atom is -0.394 e. The van der Waals surface area contributed by atoms with Gasteiger partial charge < -0.3 is 11.1 Å². The third-order valence-electron chi connectivity index (χ3n) is 3.54. The van der Waals surface area contributed by atoms with Gasteiger partial charge in [-0.3, -0.25) is 14.2 Å². The number of nitrogens with two attached hydrogens (primary N) is 1. The van der Waals surface area contributed by atoms with Crippen LogP contribution in [0.15, 0.2) is 41.2 Å². The third kappa shape index (κ3) is 1.63. The molecule has 102 valence electrons.